The largest absolute Gasteiger partial charge is 0.505 e. The van der Waals surface area contributed by atoms with Gasteiger partial charge in [-0.05, 0) is 42.9 Å². The van der Waals surface area contributed by atoms with E-state index >= 15 is 0 Å². The number of pyridine rings is 2. The molecule has 0 radical (unpaired) electrons. The third-order valence-electron chi connectivity index (χ3n) is 5.06. The highest BCUT2D eigenvalue weighted by atomic mass is 35.5. The molecule has 0 bridgehead atoms. The summed E-state index contributed by atoms with van der Waals surface area (Å²) < 4.78 is 0. The van der Waals surface area contributed by atoms with E-state index in [0.29, 0.717) is 10.5 Å². The Bertz CT molecular complexity index is 910. The SMILES string of the molecule is CN1CCN(C(c2ccncc2)c2cc(Cl)c3cccnc3c2O)CC1. The van der Waals surface area contributed by atoms with Gasteiger partial charge in [0.05, 0.1) is 11.1 Å². The topological polar surface area (TPSA) is 52.5 Å². The Morgan fingerprint density at radius 2 is 1.81 bits per heavy atom. The van der Waals surface area contributed by atoms with Gasteiger partial charge in [0.2, 0.25) is 0 Å². The van der Waals surface area contributed by atoms with Crippen LogP contribution < -0.4 is 0 Å². The number of piperazine rings is 1. The van der Waals surface area contributed by atoms with Crippen LogP contribution in [0, 0.1) is 0 Å². The van der Waals surface area contributed by atoms with Crippen molar-refractivity contribution in [3.05, 3.63) is 65.1 Å². The van der Waals surface area contributed by atoms with E-state index in [9.17, 15) is 5.11 Å². The Balaban J connectivity index is 1.87. The average Bonchev–Trinajstić information content (AvgIpc) is 2.68. The van der Waals surface area contributed by atoms with Crippen LogP contribution in [-0.4, -0.2) is 58.1 Å². The molecule has 1 saturated heterocycles. The minimum atomic E-state index is -0.0874. The zero-order valence-corrected chi connectivity index (χ0v) is 15.4. The summed E-state index contributed by atoms with van der Waals surface area (Å²) in [5.41, 5.74) is 2.42. The second kappa shape index (κ2) is 7.19. The number of aromatic nitrogens is 2. The van der Waals surface area contributed by atoms with Crippen LogP contribution in [0.15, 0.2) is 48.9 Å². The van der Waals surface area contributed by atoms with E-state index < -0.39 is 0 Å². The Kier molecular flexibility index (Phi) is 4.76. The van der Waals surface area contributed by atoms with E-state index in [4.69, 9.17) is 11.6 Å². The van der Waals surface area contributed by atoms with Gasteiger partial charge in [-0.3, -0.25) is 14.9 Å². The van der Waals surface area contributed by atoms with E-state index in [2.05, 4.69) is 26.8 Å². The molecule has 0 spiro atoms. The number of hydrogen-bond donors (Lipinski definition) is 1. The highest BCUT2D eigenvalue weighted by Crippen LogP contribution is 2.40. The van der Waals surface area contributed by atoms with Crippen LogP contribution in [0.3, 0.4) is 0 Å². The molecule has 1 aromatic carbocycles. The highest BCUT2D eigenvalue weighted by molar-refractivity contribution is 6.35. The molecule has 1 aliphatic rings. The molecule has 1 N–H and O–H groups in total. The second-order valence-corrected chi connectivity index (χ2v) is 7.13. The third-order valence-corrected chi connectivity index (χ3v) is 5.38. The van der Waals surface area contributed by atoms with Crippen molar-refractivity contribution < 1.29 is 5.11 Å². The van der Waals surface area contributed by atoms with Crippen LogP contribution in [0.4, 0.5) is 0 Å². The van der Waals surface area contributed by atoms with E-state index in [1.54, 1.807) is 18.6 Å². The lowest BCUT2D eigenvalue weighted by molar-refractivity contribution is 0.126. The van der Waals surface area contributed by atoms with Crippen LogP contribution >= 0.6 is 11.6 Å². The van der Waals surface area contributed by atoms with Crippen molar-refractivity contribution in [2.24, 2.45) is 0 Å². The number of likely N-dealkylation sites (N-methyl/N-ethyl adjacent to an activating group) is 1. The number of hydrogen-bond acceptors (Lipinski definition) is 5. The lowest BCUT2D eigenvalue weighted by atomic mass is 9.95. The van der Waals surface area contributed by atoms with Crippen molar-refractivity contribution in [1.29, 1.82) is 0 Å². The predicted octanol–water partition coefficient (Wildman–Crippen LogP) is 3.33. The summed E-state index contributed by atoms with van der Waals surface area (Å²) in [7, 11) is 2.13. The van der Waals surface area contributed by atoms with Crippen molar-refractivity contribution in [3.63, 3.8) is 0 Å². The molecule has 4 rings (SSSR count). The first kappa shape index (κ1) is 17.2. The summed E-state index contributed by atoms with van der Waals surface area (Å²) in [5.74, 6) is 0.200. The summed E-state index contributed by atoms with van der Waals surface area (Å²) in [4.78, 5) is 13.2. The maximum atomic E-state index is 11.0. The van der Waals surface area contributed by atoms with Crippen molar-refractivity contribution in [2.75, 3.05) is 33.2 Å². The van der Waals surface area contributed by atoms with Gasteiger partial charge in [0.25, 0.3) is 0 Å². The van der Waals surface area contributed by atoms with Gasteiger partial charge < -0.3 is 10.0 Å². The number of halogens is 1. The second-order valence-electron chi connectivity index (χ2n) is 6.72. The molecule has 3 heterocycles. The molecule has 3 aromatic rings. The molecule has 26 heavy (non-hydrogen) atoms. The van der Waals surface area contributed by atoms with Crippen LogP contribution in [-0.2, 0) is 0 Å². The van der Waals surface area contributed by atoms with Gasteiger partial charge in [-0.1, -0.05) is 11.6 Å². The lowest BCUT2D eigenvalue weighted by Crippen LogP contribution is -2.46. The highest BCUT2D eigenvalue weighted by Gasteiger charge is 2.29. The summed E-state index contributed by atoms with van der Waals surface area (Å²) in [6.45, 7) is 3.81. The van der Waals surface area contributed by atoms with Crippen LogP contribution in [0.2, 0.25) is 5.02 Å². The quantitative estimate of drug-likeness (QED) is 0.768. The summed E-state index contributed by atoms with van der Waals surface area (Å²) in [6.07, 6.45) is 5.26. The molecule has 5 nitrogen and oxygen atoms in total. The van der Waals surface area contributed by atoms with Crippen LogP contribution in [0.25, 0.3) is 10.9 Å². The van der Waals surface area contributed by atoms with Crippen molar-refractivity contribution in [3.8, 4) is 5.75 Å². The number of rotatable bonds is 3. The van der Waals surface area contributed by atoms with Crippen molar-refractivity contribution >= 4 is 22.5 Å². The van der Waals surface area contributed by atoms with E-state index in [-0.39, 0.29) is 11.8 Å². The molecule has 6 heteroatoms. The maximum Gasteiger partial charge on any atom is 0.147 e. The summed E-state index contributed by atoms with van der Waals surface area (Å²) >= 11 is 6.54. The van der Waals surface area contributed by atoms with E-state index in [0.717, 1.165) is 42.7 Å². The maximum absolute atomic E-state index is 11.0. The molecule has 1 atom stereocenters. The zero-order chi connectivity index (χ0) is 18.1. The number of benzene rings is 1. The van der Waals surface area contributed by atoms with Gasteiger partial charge in [0.15, 0.2) is 0 Å². The Labute approximate surface area is 157 Å². The summed E-state index contributed by atoms with van der Waals surface area (Å²) in [6, 6.07) is 9.50. The van der Waals surface area contributed by atoms with Crippen LogP contribution in [0.5, 0.6) is 5.75 Å². The Hall–Kier alpha value is -2.21. The average molecular weight is 369 g/mol. The number of aromatic hydroxyl groups is 1. The van der Waals surface area contributed by atoms with Crippen LogP contribution in [0.1, 0.15) is 17.2 Å². The molecule has 1 aliphatic heterocycles. The smallest absolute Gasteiger partial charge is 0.147 e. The normalized spacial score (nSPS) is 17.5. The number of phenols is 1. The van der Waals surface area contributed by atoms with Crippen molar-refractivity contribution in [1.82, 2.24) is 19.8 Å². The zero-order valence-electron chi connectivity index (χ0n) is 14.6. The van der Waals surface area contributed by atoms with Gasteiger partial charge in [-0.25, -0.2) is 0 Å². The van der Waals surface area contributed by atoms with Gasteiger partial charge in [0, 0.05) is 55.7 Å². The van der Waals surface area contributed by atoms with Gasteiger partial charge in [-0.15, -0.1) is 0 Å². The molecule has 0 saturated carbocycles. The Morgan fingerprint density at radius 3 is 2.54 bits per heavy atom. The molecule has 1 fully saturated rings. The number of nitrogens with zero attached hydrogens (tertiary/aromatic N) is 4. The standard InChI is InChI=1S/C20H21ClN4O/c1-24-9-11-25(12-10-24)19(14-4-7-22-8-5-14)16-13-17(21)15-3-2-6-23-18(15)20(16)26/h2-8,13,19,26H,9-12H2,1H3. The molecule has 1 unspecified atom stereocenters. The molecule has 2 aromatic heterocycles. The molecular formula is C20H21ClN4O. The first-order chi connectivity index (χ1) is 12.6. The van der Waals surface area contributed by atoms with E-state index in [1.165, 1.54) is 0 Å². The molecule has 0 aliphatic carbocycles. The van der Waals surface area contributed by atoms with Gasteiger partial charge in [0.1, 0.15) is 11.3 Å². The minimum absolute atomic E-state index is 0.0874. The third kappa shape index (κ3) is 3.14. The summed E-state index contributed by atoms with van der Waals surface area (Å²) in [5, 5.41) is 12.4. The lowest BCUT2D eigenvalue weighted by Gasteiger charge is -2.38. The van der Waals surface area contributed by atoms with E-state index in [1.807, 2.05) is 30.3 Å². The molecule has 134 valence electrons. The van der Waals surface area contributed by atoms with Crippen molar-refractivity contribution in [2.45, 2.75) is 6.04 Å². The fourth-order valence-corrected chi connectivity index (χ4v) is 3.90. The predicted molar refractivity (Wildman–Crippen MR) is 104 cm³/mol. The number of fused-ring (bicyclic) bond motifs is 1. The monoisotopic (exact) mass is 368 g/mol. The number of phenolic OH excluding ortho intramolecular Hbond substituents is 1. The Morgan fingerprint density at radius 1 is 1.08 bits per heavy atom. The fourth-order valence-electron chi connectivity index (χ4n) is 3.63. The first-order valence-electron chi connectivity index (χ1n) is 8.74. The van der Waals surface area contributed by atoms with Gasteiger partial charge >= 0.3 is 0 Å². The fraction of sp³-hybridized carbons (Fsp3) is 0.300. The minimum Gasteiger partial charge on any atom is -0.505 e. The first-order valence-corrected chi connectivity index (χ1v) is 9.11. The molecular weight excluding hydrogens is 348 g/mol. The van der Waals surface area contributed by atoms with Gasteiger partial charge in [-0.2, -0.15) is 0 Å². The molecule has 0 amide bonds.